The number of aromatic nitrogens is 3. The Morgan fingerprint density at radius 1 is 1.35 bits per heavy atom. The van der Waals surface area contributed by atoms with Gasteiger partial charge in [0.25, 0.3) is 0 Å². The molecule has 1 aliphatic carbocycles. The molecule has 1 atom stereocenters. The molecule has 1 saturated carbocycles. The van der Waals surface area contributed by atoms with Crippen molar-refractivity contribution < 1.29 is 0 Å². The zero-order chi connectivity index (χ0) is 14.1. The molecule has 2 N–H and O–H groups in total. The van der Waals surface area contributed by atoms with Crippen molar-refractivity contribution in [3.05, 3.63) is 23.7 Å². The Bertz CT molecular complexity index is 596. The SMILES string of the molecule is Cc1cnc2c(c1)nc(C1CCCCC1)n2C(C)CN. The molecule has 20 heavy (non-hydrogen) atoms. The van der Waals surface area contributed by atoms with E-state index in [1.807, 2.05) is 6.20 Å². The number of nitrogens with zero attached hydrogens (tertiary/aromatic N) is 3. The second kappa shape index (κ2) is 5.52. The molecule has 108 valence electrons. The van der Waals surface area contributed by atoms with Gasteiger partial charge in [-0.3, -0.25) is 0 Å². The molecule has 0 spiro atoms. The molecule has 0 amide bonds. The van der Waals surface area contributed by atoms with Gasteiger partial charge in [0.05, 0.1) is 0 Å². The Morgan fingerprint density at radius 3 is 2.80 bits per heavy atom. The van der Waals surface area contributed by atoms with Crippen LogP contribution in [0, 0.1) is 6.92 Å². The predicted octanol–water partition coefficient (Wildman–Crippen LogP) is 3.31. The van der Waals surface area contributed by atoms with Crippen LogP contribution < -0.4 is 5.73 Å². The first-order valence-electron chi connectivity index (χ1n) is 7.75. The zero-order valence-electron chi connectivity index (χ0n) is 12.5. The third-order valence-corrected chi connectivity index (χ3v) is 4.45. The van der Waals surface area contributed by atoms with Crippen molar-refractivity contribution in [1.29, 1.82) is 0 Å². The molecule has 2 heterocycles. The summed E-state index contributed by atoms with van der Waals surface area (Å²) in [4.78, 5) is 9.52. The van der Waals surface area contributed by atoms with E-state index in [1.54, 1.807) is 0 Å². The summed E-state index contributed by atoms with van der Waals surface area (Å²) in [5.41, 5.74) is 9.08. The molecule has 0 saturated heterocycles. The second-order valence-corrected chi connectivity index (χ2v) is 6.12. The summed E-state index contributed by atoms with van der Waals surface area (Å²) in [6, 6.07) is 2.39. The van der Waals surface area contributed by atoms with E-state index in [4.69, 9.17) is 10.7 Å². The van der Waals surface area contributed by atoms with Gasteiger partial charge < -0.3 is 10.3 Å². The average Bonchev–Trinajstić information content (AvgIpc) is 2.85. The summed E-state index contributed by atoms with van der Waals surface area (Å²) >= 11 is 0. The van der Waals surface area contributed by atoms with Crippen molar-refractivity contribution >= 4 is 11.2 Å². The molecule has 2 aromatic rings. The van der Waals surface area contributed by atoms with Gasteiger partial charge in [-0.15, -0.1) is 0 Å². The molecule has 0 aromatic carbocycles. The van der Waals surface area contributed by atoms with Gasteiger partial charge in [-0.25, -0.2) is 9.97 Å². The number of aryl methyl sites for hydroxylation is 1. The molecule has 0 radical (unpaired) electrons. The lowest BCUT2D eigenvalue weighted by atomic mass is 9.88. The Morgan fingerprint density at radius 2 is 2.10 bits per heavy atom. The first kappa shape index (κ1) is 13.6. The fraction of sp³-hybridized carbons (Fsp3) is 0.625. The monoisotopic (exact) mass is 272 g/mol. The van der Waals surface area contributed by atoms with Crippen molar-refractivity contribution in [1.82, 2.24) is 14.5 Å². The second-order valence-electron chi connectivity index (χ2n) is 6.12. The van der Waals surface area contributed by atoms with Crippen molar-refractivity contribution in [3.63, 3.8) is 0 Å². The average molecular weight is 272 g/mol. The largest absolute Gasteiger partial charge is 0.328 e. The fourth-order valence-corrected chi connectivity index (χ4v) is 3.29. The van der Waals surface area contributed by atoms with Gasteiger partial charge in [0.2, 0.25) is 0 Å². The number of pyridine rings is 1. The minimum absolute atomic E-state index is 0.257. The summed E-state index contributed by atoms with van der Waals surface area (Å²) in [5.74, 6) is 1.78. The van der Waals surface area contributed by atoms with Gasteiger partial charge in [-0.2, -0.15) is 0 Å². The number of fused-ring (bicyclic) bond motifs is 1. The maximum absolute atomic E-state index is 5.91. The van der Waals surface area contributed by atoms with Gasteiger partial charge in [0.15, 0.2) is 5.65 Å². The van der Waals surface area contributed by atoms with Crippen LogP contribution in [-0.2, 0) is 0 Å². The van der Waals surface area contributed by atoms with Crippen molar-refractivity contribution in [2.24, 2.45) is 5.73 Å². The first-order chi connectivity index (χ1) is 9.70. The van der Waals surface area contributed by atoms with E-state index in [0.717, 1.165) is 16.7 Å². The highest BCUT2D eigenvalue weighted by atomic mass is 15.2. The Kier molecular flexibility index (Phi) is 3.74. The van der Waals surface area contributed by atoms with Gasteiger partial charge in [0, 0.05) is 24.7 Å². The number of imidazole rings is 1. The van der Waals surface area contributed by atoms with Crippen LogP contribution in [0.15, 0.2) is 12.3 Å². The van der Waals surface area contributed by atoms with Crippen LogP contribution in [0.3, 0.4) is 0 Å². The third-order valence-electron chi connectivity index (χ3n) is 4.45. The Balaban J connectivity index is 2.13. The molecular formula is C16H24N4. The molecule has 2 aromatic heterocycles. The normalized spacial score (nSPS) is 18.6. The van der Waals surface area contributed by atoms with E-state index in [1.165, 1.54) is 37.9 Å². The highest BCUT2D eigenvalue weighted by molar-refractivity contribution is 5.72. The van der Waals surface area contributed by atoms with E-state index in [0.29, 0.717) is 12.5 Å². The van der Waals surface area contributed by atoms with Crippen LogP contribution in [0.2, 0.25) is 0 Å². The van der Waals surface area contributed by atoms with E-state index in [-0.39, 0.29) is 6.04 Å². The van der Waals surface area contributed by atoms with Crippen LogP contribution in [0.25, 0.3) is 11.2 Å². The standard InChI is InChI=1S/C16H24N4/c1-11-8-14-16(18-10-11)20(12(2)9-17)15(19-14)13-6-4-3-5-7-13/h8,10,12-13H,3-7,9,17H2,1-2H3. The smallest absolute Gasteiger partial charge is 0.160 e. The maximum Gasteiger partial charge on any atom is 0.160 e. The fourth-order valence-electron chi connectivity index (χ4n) is 3.29. The third kappa shape index (κ3) is 2.33. The van der Waals surface area contributed by atoms with Crippen molar-refractivity contribution in [3.8, 4) is 0 Å². The van der Waals surface area contributed by atoms with E-state index in [9.17, 15) is 0 Å². The number of hydrogen-bond acceptors (Lipinski definition) is 3. The zero-order valence-corrected chi connectivity index (χ0v) is 12.5. The van der Waals surface area contributed by atoms with Gasteiger partial charge >= 0.3 is 0 Å². The lowest BCUT2D eigenvalue weighted by Crippen LogP contribution is -2.21. The van der Waals surface area contributed by atoms with Crippen LogP contribution >= 0.6 is 0 Å². The molecule has 1 aliphatic rings. The van der Waals surface area contributed by atoms with E-state index < -0.39 is 0 Å². The molecule has 4 heteroatoms. The van der Waals surface area contributed by atoms with E-state index in [2.05, 4.69) is 29.5 Å². The first-order valence-corrected chi connectivity index (χ1v) is 7.75. The minimum Gasteiger partial charge on any atom is -0.328 e. The minimum atomic E-state index is 0.257. The number of rotatable bonds is 3. The molecule has 0 bridgehead atoms. The summed E-state index contributed by atoms with van der Waals surface area (Å²) in [6.07, 6.45) is 8.42. The van der Waals surface area contributed by atoms with Crippen LogP contribution in [0.1, 0.15) is 62.4 Å². The Hall–Kier alpha value is -1.42. The molecule has 1 unspecified atom stereocenters. The van der Waals surface area contributed by atoms with Crippen molar-refractivity contribution in [2.45, 2.75) is 57.9 Å². The van der Waals surface area contributed by atoms with E-state index >= 15 is 0 Å². The lowest BCUT2D eigenvalue weighted by molar-refractivity contribution is 0.405. The summed E-state index contributed by atoms with van der Waals surface area (Å²) in [6.45, 7) is 4.85. The maximum atomic E-state index is 5.91. The molecular weight excluding hydrogens is 248 g/mol. The number of nitrogens with two attached hydrogens (primary N) is 1. The lowest BCUT2D eigenvalue weighted by Gasteiger charge is -2.24. The highest BCUT2D eigenvalue weighted by Gasteiger charge is 2.24. The van der Waals surface area contributed by atoms with Gasteiger partial charge in [-0.05, 0) is 38.3 Å². The Labute approximate surface area is 120 Å². The van der Waals surface area contributed by atoms with Crippen LogP contribution in [0.4, 0.5) is 0 Å². The summed E-state index contributed by atoms with van der Waals surface area (Å²) in [5, 5.41) is 0. The van der Waals surface area contributed by atoms with Gasteiger partial charge in [0.1, 0.15) is 11.3 Å². The summed E-state index contributed by atoms with van der Waals surface area (Å²) < 4.78 is 2.28. The molecule has 1 fully saturated rings. The quantitative estimate of drug-likeness (QED) is 0.932. The van der Waals surface area contributed by atoms with Crippen LogP contribution in [0.5, 0.6) is 0 Å². The summed E-state index contributed by atoms with van der Waals surface area (Å²) in [7, 11) is 0. The molecule has 4 nitrogen and oxygen atoms in total. The van der Waals surface area contributed by atoms with Crippen LogP contribution in [-0.4, -0.2) is 21.1 Å². The highest BCUT2D eigenvalue weighted by Crippen LogP contribution is 2.35. The molecule has 0 aliphatic heterocycles. The molecule has 3 rings (SSSR count). The van der Waals surface area contributed by atoms with Gasteiger partial charge in [-0.1, -0.05) is 19.3 Å². The number of hydrogen-bond donors (Lipinski definition) is 1. The van der Waals surface area contributed by atoms with Crippen molar-refractivity contribution in [2.75, 3.05) is 6.54 Å². The predicted molar refractivity (Wildman–Crippen MR) is 81.9 cm³/mol. The topological polar surface area (TPSA) is 56.7 Å².